The number of alkyl halides is 3. The van der Waals surface area contributed by atoms with Gasteiger partial charge in [0, 0.05) is 25.2 Å². The van der Waals surface area contributed by atoms with Crippen LogP contribution in [0, 0.1) is 18.7 Å². The Morgan fingerprint density at radius 2 is 1.67 bits per heavy atom. The van der Waals surface area contributed by atoms with E-state index in [1.165, 1.54) is 11.6 Å². The molecule has 0 amide bonds. The minimum atomic E-state index is -2.93. The molecule has 0 N–H and O–H groups in total. The Balaban J connectivity index is 1.52. The molecule has 0 saturated carbocycles. The maximum atomic E-state index is 15.3. The summed E-state index contributed by atoms with van der Waals surface area (Å²) in [5, 5.41) is 0. The molecule has 0 radical (unpaired) electrons. The largest absolute Gasteiger partial charge is 0.302 e. The molecule has 1 aliphatic heterocycles. The minimum absolute atomic E-state index is 0.0170. The zero-order chi connectivity index (χ0) is 25.3. The number of hydrogen-bond donors (Lipinski definition) is 0. The summed E-state index contributed by atoms with van der Waals surface area (Å²) in [6, 6.07) is 19.8. The molecule has 1 fully saturated rings. The van der Waals surface area contributed by atoms with Crippen LogP contribution in [0.1, 0.15) is 52.6 Å². The van der Waals surface area contributed by atoms with E-state index >= 15 is 8.78 Å². The van der Waals surface area contributed by atoms with Crippen LogP contribution in [-0.4, -0.2) is 31.2 Å². The number of allylic oxidation sites excluding steroid dienone is 1. The van der Waals surface area contributed by atoms with Gasteiger partial charge in [-0.3, -0.25) is 4.39 Å². The Hall–Kier alpha value is -2.92. The van der Waals surface area contributed by atoms with Gasteiger partial charge in [-0.2, -0.15) is 0 Å². The van der Waals surface area contributed by atoms with E-state index in [-0.39, 0.29) is 11.4 Å². The van der Waals surface area contributed by atoms with Gasteiger partial charge >= 0.3 is 0 Å². The topological polar surface area (TPSA) is 3.24 Å². The molecule has 188 valence electrons. The van der Waals surface area contributed by atoms with Gasteiger partial charge in [-0.15, -0.1) is 0 Å². The van der Waals surface area contributed by atoms with Crippen molar-refractivity contribution in [2.75, 3.05) is 26.3 Å². The maximum absolute atomic E-state index is 15.3. The molecule has 1 saturated heterocycles. The lowest BCUT2D eigenvalue weighted by molar-refractivity contribution is -0.124. The van der Waals surface area contributed by atoms with Gasteiger partial charge in [-0.1, -0.05) is 54.6 Å². The average molecular weight is 494 g/mol. The molecular formula is C31H31F4N. The summed E-state index contributed by atoms with van der Waals surface area (Å²) in [5.41, 5.74) is 7.28. The van der Waals surface area contributed by atoms with E-state index in [2.05, 4.69) is 12.1 Å². The lowest BCUT2D eigenvalue weighted by Crippen LogP contribution is -2.53. The standard InChI is InChI=1S/C31H31F4N/c1-21-18-26(33)14-15-27(21)29-9-4-7-22-6-2-3-8-28(22)30(29)23-10-12-24(13-11-23)31(34,35)25-19-36(20-25)17-5-16-32/h2-3,6,8,10-15,18,25H,4-5,7,9,16-17,19-20H2,1H3. The van der Waals surface area contributed by atoms with Crippen LogP contribution in [0.15, 0.2) is 66.7 Å². The molecule has 0 spiro atoms. The molecule has 0 aromatic heterocycles. The van der Waals surface area contributed by atoms with E-state index in [0.717, 1.165) is 52.7 Å². The van der Waals surface area contributed by atoms with Crippen molar-refractivity contribution in [1.29, 1.82) is 0 Å². The second-order valence-corrected chi connectivity index (χ2v) is 10.0. The molecule has 1 heterocycles. The highest BCUT2D eigenvalue weighted by Crippen LogP contribution is 2.44. The van der Waals surface area contributed by atoms with E-state index in [9.17, 15) is 8.78 Å². The van der Waals surface area contributed by atoms with Crippen molar-refractivity contribution < 1.29 is 17.6 Å². The fourth-order valence-corrected chi connectivity index (χ4v) is 5.65. The first kappa shape index (κ1) is 24.8. The fraction of sp³-hybridized carbons (Fsp3) is 0.355. The molecule has 1 nitrogen and oxygen atoms in total. The molecule has 2 aliphatic rings. The average Bonchev–Trinajstić information content (AvgIpc) is 3.03. The summed E-state index contributed by atoms with van der Waals surface area (Å²) >= 11 is 0. The first-order chi connectivity index (χ1) is 17.4. The first-order valence-electron chi connectivity index (χ1n) is 12.7. The number of hydrogen-bond acceptors (Lipinski definition) is 1. The highest BCUT2D eigenvalue weighted by atomic mass is 19.3. The second-order valence-electron chi connectivity index (χ2n) is 10.0. The number of fused-ring (bicyclic) bond motifs is 1. The van der Waals surface area contributed by atoms with Crippen LogP contribution in [-0.2, 0) is 12.3 Å². The summed E-state index contributed by atoms with van der Waals surface area (Å²) in [4.78, 5) is 1.89. The maximum Gasteiger partial charge on any atom is 0.278 e. The number of aryl methyl sites for hydroxylation is 2. The van der Waals surface area contributed by atoms with Gasteiger partial charge in [0.1, 0.15) is 5.82 Å². The van der Waals surface area contributed by atoms with Crippen LogP contribution in [0.4, 0.5) is 17.6 Å². The molecule has 5 rings (SSSR count). The third-order valence-electron chi connectivity index (χ3n) is 7.61. The molecule has 1 aliphatic carbocycles. The van der Waals surface area contributed by atoms with Gasteiger partial charge < -0.3 is 4.90 Å². The quantitative estimate of drug-likeness (QED) is 0.303. The Morgan fingerprint density at radius 1 is 0.917 bits per heavy atom. The van der Waals surface area contributed by atoms with Crippen molar-refractivity contribution in [3.05, 3.63) is 106 Å². The SMILES string of the molecule is Cc1cc(F)ccc1C1=C(c2ccc(C(F)(F)C3CN(CCCF)C3)cc2)c2ccccc2CCC1. The summed E-state index contributed by atoms with van der Waals surface area (Å²) in [6.45, 7) is 2.61. The first-order valence-corrected chi connectivity index (χ1v) is 12.7. The third kappa shape index (κ3) is 4.73. The summed E-state index contributed by atoms with van der Waals surface area (Å²) in [5.74, 6) is -3.95. The van der Waals surface area contributed by atoms with Gasteiger partial charge in [0.25, 0.3) is 5.92 Å². The molecule has 36 heavy (non-hydrogen) atoms. The Bertz CT molecular complexity index is 1260. The number of nitrogens with zero attached hydrogens (tertiary/aromatic N) is 1. The molecule has 5 heteroatoms. The Morgan fingerprint density at radius 3 is 2.39 bits per heavy atom. The van der Waals surface area contributed by atoms with Gasteiger partial charge in [0.15, 0.2) is 0 Å². The van der Waals surface area contributed by atoms with Gasteiger partial charge in [-0.05, 0) is 83.7 Å². The summed E-state index contributed by atoms with van der Waals surface area (Å²) in [7, 11) is 0. The molecule has 0 bridgehead atoms. The normalized spacial score (nSPS) is 17.0. The van der Waals surface area contributed by atoms with Crippen LogP contribution in [0.2, 0.25) is 0 Å². The molecule has 3 aromatic rings. The fourth-order valence-electron chi connectivity index (χ4n) is 5.65. The van der Waals surface area contributed by atoms with Crippen LogP contribution in [0.3, 0.4) is 0 Å². The highest BCUT2D eigenvalue weighted by Gasteiger charge is 2.47. The van der Waals surface area contributed by atoms with Crippen LogP contribution < -0.4 is 0 Å². The molecule has 0 unspecified atom stereocenters. The zero-order valence-electron chi connectivity index (χ0n) is 20.5. The zero-order valence-corrected chi connectivity index (χ0v) is 20.5. The van der Waals surface area contributed by atoms with E-state index in [1.54, 1.807) is 30.3 Å². The highest BCUT2D eigenvalue weighted by molar-refractivity contribution is 6.00. The lowest BCUT2D eigenvalue weighted by atomic mass is 9.84. The van der Waals surface area contributed by atoms with Crippen LogP contribution in [0.25, 0.3) is 11.1 Å². The third-order valence-corrected chi connectivity index (χ3v) is 7.61. The van der Waals surface area contributed by atoms with Crippen LogP contribution in [0.5, 0.6) is 0 Å². The Kier molecular flexibility index (Phi) is 7.03. The van der Waals surface area contributed by atoms with Crippen molar-refractivity contribution in [3.63, 3.8) is 0 Å². The monoisotopic (exact) mass is 493 g/mol. The molecule has 3 aromatic carbocycles. The minimum Gasteiger partial charge on any atom is -0.302 e. The van der Waals surface area contributed by atoms with E-state index in [4.69, 9.17) is 0 Å². The van der Waals surface area contributed by atoms with E-state index in [0.29, 0.717) is 26.1 Å². The van der Waals surface area contributed by atoms with Gasteiger partial charge in [0.2, 0.25) is 0 Å². The summed E-state index contributed by atoms with van der Waals surface area (Å²) in [6.07, 6.45) is 3.11. The van der Waals surface area contributed by atoms with Crippen molar-refractivity contribution in [2.45, 2.75) is 38.5 Å². The van der Waals surface area contributed by atoms with Crippen molar-refractivity contribution in [3.8, 4) is 0 Å². The van der Waals surface area contributed by atoms with Gasteiger partial charge in [-0.25, -0.2) is 13.2 Å². The van der Waals surface area contributed by atoms with E-state index in [1.807, 2.05) is 30.0 Å². The van der Waals surface area contributed by atoms with E-state index < -0.39 is 18.5 Å². The number of rotatable bonds is 7. The Labute approximate surface area is 210 Å². The predicted octanol–water partition coefficient (Wildman–Crippen LogP) is 7.81. The summed E-state index contributed by atoms with van der Waals surface area (Å²) < 4.78 is 56.8. The van der Waals surface area contributed by atoms with Crippen molar-refractivity contribution in [2.24, 2.45) is 5.92 Å². The smallest absolute Gasteiger partial charge is 0.278 e. The number of benzene rings is 3. The van der Waals surface area contributed by atoms with Crippen molar-refractivity contribution >= 4 is 11.1 Å². The number of likely N-dealkylation sites (tertiary alicyclic amines) is 1. The van der Waals surface area contributed by atoms with Crippen molar-refractivity contribution in [1.82, 2.24) is 4.90 Å². The van der Waals surface area contributed by atoms with Crippen LogP contribution >= 0.6 is 0 Å². The number of halogens is 4. The van der Waals surface area contributed by atoms with Gasteiger partial charge in [0.05, 0.1) is 12.6 Å². The molecular weight excluding hydrogens is 462 g/mol. The predicted molar refractivity (Wildman–Crippen MR) is 137 cm³/mol. The lowest BCUT2D eigenvalue weighted by Gasteiger charge is -2.43. The molecule has 0 atom stereocenters. The second kappa shape index (κ2) is 10.2.